The monoisotopic (exact) mass is 196 g/mol. The zero-order valence-corrected chi connectivity index (χ0v) is 9.76. The van der Waals surface area contributed by atoms with Crippen molar-refractivity contribution >= 4 is 5.97 Å². The van der Waals surface area contributed by atoms with E-state index in [-0.39, 0.29) is 11.4 Å². The number of carbonyl (C=O) groups is 1. The first-order valence-corrected chi connectivity index (χ1v) is 5.11. The van der Waals surface area contributed by atoms with Gasteiger partial charge in [-0.1, -0.05) is 32.9 Å². The predicted molar refractivity (Wildman–Crippen MR) is 56.8 cm³/mol. The van der Waals surface area contributed by atoms with Crippen LogP contribution in [-0.4, -0.2) is 13.1 Å². The topological polar surface area (TPSA) is 26.3 Å². The van der Waals surface area contributed by atoms with Gasteiger partial charge in [-0.15, -0.1) is 0 Å². The van der Waals surface area contributed by atoms with Crippen molar-refractivity contribution in [1.82, 2.24) is 0 Å². The first-order valence-electron chi connectivity index (χ1n) is 5.11. The molecular weight excluding hydrogens is 176 g/mol. The van der Waals surface area contributed by atoms with Gasteiger partial charge in [0, 0.05) is 0 Å². The number of methoxy groups -OCH3 is 1. The molecule has 0 fully saturated rings. The molecule has 14 heavy (non-hydrogen) atoms. The van der Waals surface area contributed by atoms with E-state index in [0.29, 0.717) is 5.92 Å². The number of allylic oxidation sites excluding steroid dienone is 2. The zero-order chi connectivity index (χ0) is 11.0. The number of rotatable bonds is 1. The highest BCUT2D eigenvalue weighted by molar-refractivity contribution is 5.78. The molecule has 1 rings (SSSR count). The molecule has 2 atom stereocenters. The lowest BCUT2D eigenvalue weighted by Crippen LogP contribution is -2.47. The van der Waals surface area contributed by atoms with Crippen LogP contribution in [0.3, 0.4) is 0 Å². The van der Waals surface area contributed by atoms with Crippen molar-refractivity contribution in [3.8, 4) is 0 Å². The van der Waals surface area contributed by atoms with Crippen molar-refractivity contribution in [3.63, 3.8) is 0 Å². The fraction of sp³-hybridized carbons (Fsp3) is 0.750. The number of esters is 1. The third-order valence-corrected chi connectivity index (χ3v) is 4.15. The molecule has 0 aromatic rings. The van der Waals surface area contributed by atoms with Crippen molar-refractivity contribution in [3.05, 3.63) is 12.2 Å². The van der Waals surface area contributed by atoms with Crippen molar-refractivity contribution < 1.29 is 9.53 Å². The summed E-state index contributed by atoms with van der Waals surface area (Å²) in [6, 6.07) is 0. The summed E-state index contributed by atoms with van der Waals surface area (Å²) in [5.41, 5.74) is -0.440. The molecule has 0 aromatic carbocycles. The van der Waals surface area contributed by atoms with Crippen molar-refractivity contribution in [2.24, 2.45) is 16.7 Å². The van der Waals surface area contributed by atoms with E-state index in [4.69, 9.17) is 4.74 Å². The minimum atomic E-state index is -0.393. The summed E-state index contributed by atoms with van der Waals surface area (Å²) in [6.07, 6.45) is 5.05. The molecular formula is C12H20O2. The zero-order valence-electron chi connectivity index (χ0n) is 9.76. The van der Waals surface area contributed by atoms with Crippen molar-refractivity contribution in [1.29, 1.82) is 0 Å². The molecule has 0 N–H and O–H groups in total. The minimum Gasteiger partial charge on any atom is -0.469 e. The Morgan fingerprint density at radius 1 is 1.43 bits per heavy atom. The molecule has 0 bridgehead atoms. The smallest absolute Gasteiger partial charge is 0.312 e. The van der Waals surface area contributed by atoms with Crippen molar-refractivity contribution in [2.75, 3.05) is 7.11 Å². The van der Waals surface area contributed by atoms with Crippen LogP contribution in [0.15, 0.2) is 12.2 Å². The van der Waals surface area contributed by atoms with Gasteiger partial charge in [0.2, 0.25) is 0 Å². The van der Waals surface area contributed by atoms with Crippen molar-refractivity contribution in [2.45, 2.75) is 34.1 Å². The minimum absolute atomic E-state index is 0.0468. The van der Waals surface area contributed by atoms with E-state index in [2.05, 4.69) is 32.9 Å². The molecule has 0 aromatic heterocycles. The van der Waals surface area contributed by atoms with Gasteiger partial charge >= 0.3 is 5.97 Å². The number of carbonyl (C=O) groups excluding carboxylic acids is 1. The maximum absolute atomic E-state index is 11.8. The number of hydrogen-bond donors (Lipinski definition) is 0. The Morgan fingerprint density at radius 2 is 2.00 bits per heavy atom. The fourth-order valence-corrected chi connectivity index (χ4v) is 2.09. The Bertz CT molecular complexity index is 265. The first kappa shape index (κ1) is 11.3. The number of ether oxygens (including phenoxy) is 1. The van der Waals surface area contributed by atoms with E-state index in [1.165, 1.54) is 7.11 Å². The molecule has 0 amide bonds. The van der Waals surface area contributed by atoms with E-state index in [1.807, 2.05) is 6.92 Å². The summed E-state index contributed by atoms with van der Waals surface area (Å²) in [5, 5.41) is 0. The van der Waals surface area contributed by atoms with Crippen LogP contribution in [0.2, 0.25) is 0 Å². The molecule has 0 spiro atoms. The van der Waals surface area contributed by atoms with Gasteiger partial charge in [-0.05, 0) is 24.7 Å². The second-order valence-corrected chi connectivity index (χ2v) is 4.97. The van der Waals surface area contributed by atoms with E-state index in [1.54, 1.807) is 0 Å². The predicted octanol–water partition coefficient (Wildman–Crippen LogP) is 2.79. The Hall–Kier alpha value is -0.790. The molecule has 0 radical (unpaired) electrons. The van der Waals surface area contributed by atoms with Gasteiger partial charge in [0.1, 0.15) is 0 Å². The maximum atomic E-state index is 11.8. The van der Waals surface area contributed by atoms with Gasteiger partial charge in [-0.2, -0.15) is 0 Å². The lowest BCUT2D eigenvalue weighted by atomic mass is 9.56. The van der Waals surface area contributed by atoms with Crippen LogP contribution in [0.5, 0.6) is 0 Å². The second kappa shape index (κ2) is 3.41. The van der Waals surface area contributed by atoms with E-state index in [9.17, 15) is 4.79 Å². The van der Waals surface area contributed by atoms with E-state index in [0.717, 1.165) is 6.42 Å². The van der Waals surface area contributed by atoms with Crippen LogP contribution >= 0.6 is 0 Å². The highest BCUT2D eigenvalue weighted by Crippen LogP contribution is 2.51. The molecule has 0 saturated heterocycles. The summed E-state index contributed by atoms with van der Waals surface area (Å²) in [5.74, 6) is 0.305. The third-order valence-electron chi connectivity index (χ3n) is 4.15. The summed E-state index contributed by atoms with van der Waals surface area (Å²) in [4.78, 5) is 11.8. The summed E-state index contributed by atoms with van der Waals surface area (Å²) in [7, 11) is 1.46. The molecule has 2 heteroatoms. The molecule has 80 valence electrons. The SMILES string of the molecule is COC(=O)C1(C)CC=CC(C)C1(C)C. The standard InChI is InChI=1S/C12H20O2/c1-9-7-6-8-12(4,10(13)14-5)11(9,2)3/h6-7,9H,8H2,1-5H3. The van der Waals surface area contributed by atoms with Gasteiger partial charge in [0.05, 0.1) is 12.5 Å². The maximum Gasteiger partial charge on any atom is 0.312 e. The number of hydrogen-bond acceptors (Lipinski definition) is 2. The van der Waals surface area contributed by atoms with Crippen LogP contribution < -0.4 is 0 Å². The molecule has 1 aliphatic rings. The quantitative estimate of drug-likeness (QED) is 0.476. The van der Waals surface area contributed by atoms with Crippen LogP contribution in [-0.2, 0) is 9.53 Å². The normalized spacial score (nSPS) is 35.4. The Morgan fingerprint density at radius 3 is 2.50 bits per heavy atom. The second-order valence-electron chi connectivity index (χ2n) is 4.97. The van der Waals surface area contributed by atoms with Gasteiger partial charge in [0.15, 0.2) is 0 Å². The molecule has 0 heterocycles. The fourth-order valence-electron chi connectivity index (χ4n) is 2.09. The lowest BCUT2D eigenvalue weighted by Gasteiger charge is -2.47. The summed E-state index contributed by atoms with van der Waals surface area (Å²) in [6.45, 7) is 8.42. The first-order chi connectivity index (χ1) is 6.36. The van der Waals surface area contributed by atoms with Gasteiger partial charge in [-0.25, -0.2) is 0 Å². The molecule has 0 saturated carbocycles. The summed E-state index contributed by atoms with van der Waals surface area (Å²) >= 11 is 0. The Balaban J connectivity index is 3.10. The van der Waals surface area contributed by atoms with Gasteiger partial charge in [-0.3, -0.25) is 4.79 Å². The Kier molecular flexibility index (Phi) is 2.75. The van der Waals surface area contributed by atoms with Crippen LogP contribution in [0.25, 0.3) is 0 Å². The van der Waals surface area contributed by atoms with E-state index >= 15 is 0 Å². The van der Waals surface area contributed by atoms with E-state index < -0.39 is 5.41 Å². The lowest BCUT2D eigenvalue weighted by molar-refractivity contribution is -0.161. The van der Waals surface area contributed by atoms with Crippen LogP contribution in [0, 0.1) is 16.7 Å². The average molecular weight is 196 g/mol. The van der Waals surface area contributed by atoms with Gasteiger partial charge < -0.3 is 4.74 Å². The van der Waals surface area contributed by atoms with Crippen LogP contribution in [0.1, 0.15) is 34.1 Å². The highest BCUT2D eigenvalue weighted by atomic mass is 16.5. The Labute approximate surface area is 86.3 Å². The van der Waals surface area contributed by atoms with Gasteiger partial charge in [0.25, 0.3) is 0 Å². The molecule has 2 nitrogen and oxygen atoms in total. The average Bonchev–Trinajstić information content (AvgIpc) is 2.13. The van der Waals surface area contributed by atoms with Crippen LogP contribution in [0.4, 0.5) is 0 Å². The molecule has 0 aliphatic heterocycles. The largest absolute Gasteiger partial charge is 0.469 e. The summed E-state index contributed by atoms with van der Waals surface area (Å²) < 4.78 is 4.90. The molecule has 2 unspecified atom stereocenters. The third kappa shape index (κ3) is 1.37. The highest BCUT2D eigenvalue weighted by Gasteiger charge is 2.51. The molecule has 1 aliphatic carbocycles.